The zero-order valence-electron chi connectivity index (χ0n) is 20.8. The van der Waals surface area contributed by atoms with Crippen LogP contribution in [0.3, 0.4) is 0 Å². The average molecular weight is 525 g/mol. The number of amides is 2. The summed E-state index contributed by atoms with van der Waals surface area (Å²) in [6.45, 7) is 0.766. The van der Waals surface area contributed by atoms with Crippen molar-refractivity contribution in [2.24, 2.45) is 0 Å². The van der Waals surface area contributed by atoms with Gasteiger partial charge in [0.25, 0.3) is 11.8 Å². The molecule has 4 aromatic carbocycles. The van der Waals surface area contributed by atoms with E-state index in [0.29, 0.717) is 35.7 Å². The highest BCUT2D eigenvalue weighted by Gasteiger charge is 2.34. The number of nitrogens with zero attached hydrogens (tertiary/aromatic N) is 2. The van der Waals surface area contributed by atoms with Crippen molar-refractivity contribution in [3.63, 3.8) is 0 Å². The van der Waals surface area contributed by atoms with E-state index in [-0.39, 0.29) is 42.2 Å². The van der Waals surface area contributed by atoms with Crippen LogP contribution in [0.2, 0.25) is 0 Å². The molecule has 1 aliphatic heterocycles. The molecule has 1 heterocycles. The van der Waals surface area contributed by atoms with Crippen molar-refractivity contribution in [1.82, 2.24) is 4.90 Å². The van der Waals surface area contributed by atoms with Gasteiger partial charge in [-0.1, -0.05) is 42.5 Å². The molecule has 0 spiro atoms. The lowest BCUT2D eigenvalue weighted by atomic mass is 10.1. The van der Waals surface area contributed by atoms with Gasteiger partial charge in [-0.25, -0.2) is 0 Å². The Bertz CT molecular complexity index is 1470. The molecule has 0 radical (unpaired) electrons. The topological polar surface area (TPSA) is 108 Å². The summed E-state index contributed by atoms with van der Waals surface area (Å²) in [5.74, 6) is 0.745. The first-order valence-corrected chi connectivity index (χ1v) is 12.3. The quantitative estimate of drug-likeness (QED) is 0.102. The maximum Gasteiger partial charge on any atom is 0.315 e. The maximum atomic E-state index is 12.5. The second-order valence-corrected chi connectivity index (χ2v) is 8.74. The third-order valence-corrected chi connectivity index (χ3v) is 6.10. The summed E-state index contributed by atoms with van der Waals surface area (Å²) in [5.41, 5.74) is 1.57. The molecule has 39 heavy (non-hydrogen) atoms. The minimum absolute atomic E-state index is 0.0660. The van der Waals surface area contributed by atoms with Gasteiger partial charge in [-0.15, -0.1) is 0 Å². The van der Waals surface area contributed by atoms with Gasteiger partial charge in [0.1, 0.15) is 23.9 Å². The minimum Gasteiger partial charge on any atom is -0.493 e. The molecule has 0 fully saturated rings. The number of fused-ring (bicyclic) bond motifs is 1. The van der Waals surface area contributed by atoms with Crippen LogP contribution in [-0.4, -0.2) is 34.8 Å². The number of carbonyl (C=O) groups is 2. The molecular formula is C30H24N2O7. The molecule has 0 bridgehead atoms. The molecule has 1 aliphatic rings. The molecule has 0 atom stereocenters. The van der Waals surface area contributed by atoms with Gasteiger partial charge in [0, 0.05) is 6.54 Å². The van der Waals surface area contributed by atoms with E-state index in [4.69, 9.17) is 14.2 Å². The Morgan fingerprint density at radius 3 is 2.00 bits per heavy atom. The van der Waals surface area contributed by atoms with Crippen molar-refractivity contribution in [2.45, 2.75) is 13.0 Å². The summed E-state index contributed by atoms with van der Waals surface area (Å²) in [6, 6.07) is 27.6. The van der Waals surface area contributed by atoms with Crippen LogP contribution in [0, 0.1) is 10.1 Å². The van der Waals surface area contributed by atoms with Gasteiger partial charge in [-0.3, -0.25) is 24.6 Å². The molecule has 0 aliphatic carbocycles. The van der Waals surface area contributed by atoms with Gasteiger partial charge in [-0.05, 0) is 60.5 Å². The Morgan fingerprint density at radius 1 is 0.718 bits per heavy atom. The highest BCUT2D eigenvalue weighted by atomic mass is 16.6. The molecule has 9 nitrogen and oxygen atoms in total. The summed E-state index contributed by atoms with van der Waals surface area (Å²) in [5, 5.41) is 11.7. The Kier molecular flexibility index (Phi) is 7.49. The van der Waals surface area contributed by atoms with Crippen LogP contribution in [0.1, 0.15) is 32.7 Å². The molecule has 4 aromatic rings. The van der Waals surface area contributed by atoms with Crippen molar-refractivity contribution < 1.29 is 28.7 Å². The van der Waals surface area contributed by atoms with E-state index < -0.39 is 4.92 Å². The normalized spacial score (nSPS) is 12.3. The van der Waals surface area contributed by atoms with E-state index in [1.165, 1.54) is 17.0 Å². The third-order valence-electron chi connectivity index (χ3n) is 6.10. The molecule has 9 heteroatoms. The molecule has 0 saturated carbocycles. The van der Waals surface area contributed by atoms with E-state index in [1.54, 1.807) is 54.6 Å². The first-order valence-electron chi connectivity index (χ1n) is 12.3. The number of imide groups is 1. The van der Waals surface area contributed by atoms with E-state index >= 15 is 0 Å². The van der Waals surface area contributed by atoms with E-state index in [0.717, 1.165) is 5.56 Å². The zero-order chi connectivity index (χ0) is 27.2. The van der Waals surface area contributed by atoms with E-state index in [1.807, 2.05) is 30.3 Å². The maximum absolute atomic E-state index is 12.5. The largest absolute Gasteiger partial charge is 0.493 e. The molecule has 5 rings (SSSR count). The summed E-state index contributed by atoms with van der Waals surface area (Å²) >= 11 is 0. The Balaban J connectivity index is 1.15. The molecule has 0 N–H and O–H groups in total. The lowest BCUT2D eigenvalue weighted by Gasteiger charge is -2.14. The number of carbonyl (C=O) groups excluding carboxylic acids is 2. The Hall–Kier alpha value is -5.18. The van der Waals surface area contributed by atoms with E-state index in [9.17, 15) is 19.7 Å². The number of ether oxygens (including phenoxy) is 3. The van der Waals surface area contributed by atoms with Crippen LogP contribution in [0.25, 0.3) is 0 Å². The monoisotopic (exact) mass is 524 g/mol. The van der Waals surface area contributed by atoms with Gasteiger partial charge in [-0.2, -0.15) is 0 Å². The van der Waals surface area contributed by atoms with Crippen LogP contribution in [0.15, 0.2) is 97.1 Å². The highest BCUT2D eigenvalue weighted by molar-refractivity contribution is 6.21. The van der Waals surface area contributed by atoms with E-state index in [2.05, 4.69) is 0 Å². The lowest BCUT2D eigenvalue weighted by Crippen LogP contribution is -2.31. The molecule has 0 aromatic heterocycles. The second kappa shape index (κ2) is 11.5. The first kappa shape index (κ1) is 25.5. The van der Waals surface area contributed by atoms with Gasteiger partial charge in [0.05, 0.1) is 28.7 Å². The van der Waals surface area contributed by atoms with Crippen LogP contribution in [0.5, 0.6) is 23.0 Å². The second-order valence-electron chi connectivity index (χ2n) is 8.74. The van der Waals surface area contributed by atoms with Gasteiger partial charge >= 0.3 is 5.69 Å². The molecule has 0 unspecified atom stereocenters. The van der Waals surface area contributed by atoms with Crippen LogP contribution >= 0.6 is 0 Å². The smallest absolute Gasteiger partial charge is 0.315 e. The predicted octanol–water partition coefficient (Wildman–Crippen LogP) is 6.03. The third kappa shape index (κ3) is 5.88. The summed E-state index contributed by atoms with van der Waals surface area (Å²) in [6.07, 6.45) is 0.371. The standard InChI is InChI=1S/C30H24N2O7/c33-29-25-9-4-5-10-26(25)30(34)31(29)17-6-18-37-24-15-16-28(27(19-24)32(35)36)39-23-13-11-22(12-14-23)38-20-21-7-2-1-3-8-21/h1-5,7-16,19H,6,17-18,20H2. The van der Waals surface area contributed by atoms with Crippen LogP contribution < -0.4 is 14.2 Å². The SMILES string of the molecule is O=C1c2ccccc2C(=O)N1CCCOc1ccc(Oc2ccc(OCc3ccccc3)cc2)c([N+](=O)[O-])c1. The minimum atomic E-state index is -0.543. The van der Waals surface area contributed by atoms with Gasteiger partial charge in [0.15, 0.2) is 0 Å². The fraction of sp³-hybridized carbons (Fsp3) is 0.133. The number of hydrogen-bond donors (Lipinski definition) is 0. The number of benzene rings is 4. The summed E-state index contributed by atoms with van der Waals surface area (Å²) in [4.78, 5) is 37.2. The molecule has 0 saturated heterocycles. The van der Waals surface area contributed by atoms with Crippen molar-refractivity contribution in [2.75, 3.05) is 13.2 Å². The number of nitro benzene ring substituents is 1. The van der Waals surface area contributed by atoms with Crippen molar-refractivity contribution in [3.05, 3.63) is 124 Å². The number of hydrogen-bond acceptors (Lipinski definition) is 7. The van der Waals surface area contributed by atoms with Crippen molar-refractivity contribution in [3.8, 4) is 23.0 Å². The molecule has 196 valence electrons. The zero-order valence-corrected chi connectivity index (χ0v) is 20.8. The highest BCUT2D eigenvalue weighted by Crippen LogP contribution is 2.35. The fourth-order valence-corrected chi connectivity index (χ4v) is 4.14. The lowest BCUT2D eigenvalue weighted by molar-refractivity contribution is -0.385. The van der Waals surface area contributed by atoms with Crippen molar-refractivity contribution in [1.29, 1.82) is 0 Å². The fourth-order valence-electron chi connectivity index (χ4n) is 4.14. The van der Waals surface area contributed by atoms with Gasteiger partial charge in [0.2, 0.25) is 5.75 Å². The van der Waals surface area contributed by atoms with Crippen LogP contribution in [-0.2, 0) is 6.61 Å². The predicted molar refractivity (Wildman–Crippen MR) is 142 cm³/mol. The van der Waals surface area contributed by atoms with Crippen LogP contribution in [0.4, 0.5) is 5.69 Å². The summed E-state index contributed by atoms with van der Waals surface area (Å²) in [7, 11) is 0. The average Bonchev–Trinajstić information content (AvgIpc) is 3.21. The molecular weight excluding hydrogens is 500 g/mol. The summed E-state index contributed by atoms with van der Waals surface area (Å²) < 4.78 is 17.2. The van der Waals surface area contributed by atoms with Crippen molar-refractivity contribution >= 4 is 17.5 Å². The molecule has 2 amide bonds. The Labute approximate surface area is 224 Å². The number of rotatable bonds is 11. The first-order chi connectivity index (χ1) is 19.0. The van der Waals surface area contributed by atoms with Gasteiger partial charge < -0.3 is 14.2 Å². The number of nitro groups is 1. The Morgan fingerprint density at radius 2 is 1.33 bits per heavy atom.